The summed E-state index contributed by atoms with van der Waals surface area (Å²) in [4.78, 5) is 21.0. The molecule has 3 nitrogen and oxygen atoms in total. The molecule has 2 heterocycles. The quantitative estimate of drug-likeness (QED) is 0.617. The normalized spacial score (nSPS) is 10.9. The summed E-state index contributed by atoms with van der Waals surface area (Å²) in [5.41, 5.74) is 2.51. The molecule has 0 saturated heterocycles. The second kappa shape index (κ2) is 7.58. The van der Waals surface area contributed by atoms with Crippen molar-refractivity contribution in [2.24, 2.45) is 0 Å². The Morgan fingerprint density at radius 3 is 2.50 bits per heavy atom. The van der Waals surface area contributed by atoms with Crippen molar-refractivity contribution < 1.29 is 4.79 Å². The van der Waals surface area contributed by atoms with Gasteiger partial charge in [-0.25, -0.2) is 4.98 Å². The zero-order chi connectivity index (χ0) is 16.9. The maximum atomic E-state index is 13.2. The van der Waals surface area contributed by atoms with Crippen molar-refractivity contribution in [3.63, 3.8) is 0 Å². The Kier molecular flexibility index (Phi) is 5.26. The molecule has 0 bridgehead atoms. The van der Waals surface area contributed by atoms with Crippen LogP contribution < -0.4 is 0 Å². The Labute approximate surface area is 147 Å². The van der Waals surface area contributed by atoms with Crippen LogP contribution in [0, 0.1) is 0 Å². The van der Waals surface area contributed by atoms with Gasteiger partial charge >= 0.3 is 0 Å². The molecule has 0 aliphatic carbocycles. The monoisotopic (exact) mass is 338 g/mol. The Morgan fingerprint density at radius 1 is 1.08 bits per heavy atom. The van der Waals surface area contributed by atoms with E-state index in [9.17, 15) is 4.79 Å². The largest absolute Gasteiger partial charge is 0.339 e. The SMILES string of the molecule is CCCN(CCC)C(=O)c1cc(-c2cccs2)nc2ccccc12. The Hall–Kier alpha value is -2.20. The van der Waals surface area contributed by atoms with Gasteiger partial charge in [-0.1, -0.05) is 38.1 Å². The molecule has 4 heteroatoms. The van der Waals surface area contributed by atoms with Crippen LogP contribution in [0.3, 0.4) is 0 Å². The number of fused-ring (bicyclic) bond motifs is 1. The second-order valence-electron chi connectivity index (χ2n) is 5.84. The van der Waals surface area contributed by atoms with Crippen LogP contribution in [0.25, 0.3) is 21.5 Å². The first-order valence-corrected chi connectivity index (χ1v) is 9.35. The third-order valence-electron chi connectivity index (χ3n) is 3.99. The van der Waals surface area contributed by atoms with Gasteiger partial charge in [0.15, 0.2) is 0 Å². The summed E-state index contributed by atoms with van der Waals surface area (Å²) in [5, 5.41) is 2.97. The molecule has 0 atom stereocenters. The Morgan fingerprint density at radius 2 is 1.83 bits per heavy atom. The van der Waals surface area contributed by atoms with E-state index in [-0.39, 0.29) is 5.91 Å². The highest BCUT2D eigenvalue weighted by Gasteiger charge is 2.19. The maximum absolute atomic E-state index is 13.2. The van der Waals surface area contributed by atoms with Crippen LogP contribution in [0.1, 0.15) is 37.0 Å². The van der Waals surface area contributed by atoms with Gasteiger partial charge in [-0.3, -0.25) is 4.79 Å². The fourth-order valence-corrected chi connectivity index (χ4v) is 3.61. The molecule has 0 fully saturated rings. The van der Waals surface area contributed by atoms with Crippen molar-refractivity contribution in [3.05, 3.63) is 53.4 Å². The first-order chi connectivity index (χ1) is 11.7. The van der Waals surface area contributed by atoms with Gasteiger partial charge < -0.3 is 4.90 Å². The van der Waals surface area contributed by atoms with Gasteiger partial charge in [0.1, 0.15) is 0 Å². The average molecular weight is 338 g/mol. The number of carbonyl (C=O) groups excluding carboxylic acids is 1. The molecule has 24 heavy (non-hydrogen) atoms. The van der Waals surface area contributed by atoms with Crippen LogP contribution in [-0.2, 0) is 0 Å². The lowest BCUT2D eigenvalue weighted by Gasteiger charge is -2.22. The van der Waals surface area contributed by atoms with E-state index in [0.29, 0.717) is 0 Å². The van der Waals surface area contributed by atoms with Gasteiger partial charge in [-0.2, -0.15) is 0 Å². The van der Waals surface area contributed by atoms with Crippen molar-refractivity contribution in [2.75, 3.05) is 13.1 Å². The molecule has 0 saturated carbocycles. The molecular weight excluding hydrogens is 316 g/mol. The summed E-state index contributed by atoms with van der Waals surface area (Å²) in [6.07, 6.45) is 1.93. The van der Waals surface area contributed by atoms with E-state index in [1.54, 1.807) is 11.3 Å². The molecule has 2 aromatic heterocycles. The van der Waals surface area contributed by atoms with Crippen LogP contribution in [0.2, 0.25) is 0 Å². The number of carbonyl (C=O) groups is 1. The summed E-state index contributed by atoms with van der Waals surface area (Å²) in [7, 11) is 0. The zero-order valence-corrected chi connectivity index (χ0v) is 15.0. The van der Waals surface area contributed by atoms with E-state index >= 15 is 0 Å². The van der Waals surface area contributed by atoms with Crippen LogP contribution >= 0.6 is 11.3 Å². The van der Waals surface area contributed by atoms with Crippen molar-refractivity contribution >= 4 is 28.1 Å². The van der Waals surface area contributed by atoms with Crippen molar-refractivity contribution in [2.45, 2.75) is 26.7 Å². The number of hydrogen-bond acceptors (Lipinski definition) is 3. The number of aromatic nitrogens is 1. The Bertz CT molecular complexity index is 821. The zero-order valence-electron chi connectivity index (χ0n) is 14.2. The molecular formula is C20H22N2OS. The first-order valence-electron chi connectivity index (χ1n) is 8.47. The van der Waals surface area contributed by atoms with Crippen molar-refractivity contribution in [3.8, 4) is 10.6 Å². The Balaban J connectivity index is 2.12. The smallest absolute Gasteiger partial charge is 0.254 e. The molecule has 1 amide bonds. The second-order valence-corrected chi connectivity index (χ2v) is 6.79. The van der Waals surface area contributed by atoms with E-state index in [0.717, 1.165) is 53.0 Å². The predicted molar refractivity (Wildman–Crippen MR) is 102 cm³/mol. The van der Waals surface area contributed by atoms with Crippen LogP contribution in [-0.4, -0.2) is 28.9 Å². The van der Waals surface area contributed by atoms with Crippen LogP contribution in [0.4, 0.5) is 0 Å². The maximum Gasteiger partial charge on any atom is 0.254 e. The molecule has 3 aromatic rings. The standard InChI is InChI=1S/C20H22N2OS/c1-3-11-22(12-4-2)20(23)16-14-18(19-10-7-13-24-19)21-17-9-6-5-8-15(16)17/h5-10,13-14H,3-4,11-12H2,1-2H3. The van der Waals surface area contributed by atoms with E-state index < -0.39 is 0 Å². The summed E-state index contributed by atoms with van der Waals surface area (Å²) < 4.78 is 0. The van der Waals surface area contributed by atoms with Crippen molar-refractivity contribution in [1.29, 1.82) is 0 Å². The number of para-hydroxylation sites is 1. The number of pyridine rings is 1. The van der Waals surface area contributed by atoms with E-state index in [1.165, 1.54) is 0 Å². The highest BCUT2D eigenvalue weighted by molar-refractivity contribution is 7.13. The van der Waals surface area contributed by atoms with E-state index in [2.05, 4.69) is 13.8 Å². The van der Waals surface area contributed by atoms with Crippen LogP contribution in [0.5, 0.6) is 0 Å². The number of thiophene rings is 1. The minimum absolute atomic E-state index is 0.107. The summed E-state index contributed by atoms with van der Waals surface area (Å²) in [6, 6.07) is 13.9. The minimum Gasteiger partial charge on any atom is -0.339 e. The molecule has 124 valence electrons. The van der Waals surface area contributed by atoms with Gasteiger partial charge in [-0.15, -0.1) is 11.3 Å². The third kappa shape index (κ3) is 3.34. The fraction of sp³-hybridized carbons (Fsp3) is 0.300. The lowest BCUT2D eigenvalue weighted by atomic mass is 10.1. The number of rotatable bonds is 6. The summed E-state index contributed by atoms with van der Waals surface area (Å²) >= 11 is 1.65. The first kappa shape index (κ1) is 16.7. The number of hydrogen-bond donors (Lipinski definition) is 0. The number of benzene rings is 1. The van der Waals surface area contributed by atoms with Gasteiger partial charge in [0.05, 0.1) is 21.7 Å². The number of nitrogens with zero attached hydrogens (tertiary/aromatic N) is 2. The lowest BCUT2D eigenvalue weighted by Crippen LogP contribution is -2.32. The summed E-state index contributed by atoms with van der Waals surface area (Å²) in [5.74, 6) is 0.107. The molecule has 0 spiro atoms. The van der Waals surface area contributed by atoms with Crippen LogP contribution in [0.15, 0.2) is 47.8 Å². The van der Waals surface area contributed by atoms with E-state index in [4.69, 9.17) is 4.98 Å². The van der Waals surface area contributed by atoms with E-state index in [1.807, 2.05) is 52.7 Å². The van der Waals surface area contributed by atoms with Gasteiger partial charge in [0.2, 0.25) is 0 Å². The molecule has 0 unspecified atom stereocenters. The highest BCUT2D eigenvalue weighted by Crippen LogP contribution is 2.28. The molecule has 0 aliphatic heterocycles. The fourth-order valence-electron chi connectivity index (χ4n) is 2.93. The number of amides is 1. The average Bonchev–Trinajstić information content (AvgIpc) is 3.14. The van der Waals surface area contributed by atoms with Crippen molar-refractivity contribution in [1.82, 2.24) is 9.88 Å². The molecule has 1 aromatic carbocycles. The molecule has 3 rings (SSSR count). The molecule has 0 N–H and O–H groups in total. The minimum atomic E-state index is 0.107. The third-order valence-corrected chi connectivity index (χ3v) is 4.89. The predicted octanol–water partition coefficient (Wildman–Crippen LogP) is 5.23. The van der Waals surface area contributed by atoms with Gasteiger partial charge in [0.25, 0.3) is 5.91 Å². The van der Waals surface area contributed by atoms with Gasteiger partial charge in [0, 0.05) is 18.5 Å². The highest BCUT2D eigenvalue weighted by atomic mass is 32.1. The molecule has 0 radical (unpaired) electrons. The van der Waals surface area contributed by atoms with Gasteiger partial charge in [-0.05, 0) is 36.4 Å². The molecule has 0 aliphatic rings. The topological polar surface area (TPSA) is 33.2 Å². The lowest BCUT2D eigenvalue weighted by molar-refractivity contribution is 0.0757. The summed E-state index contributed by atoms with van der Waals surface area (Å²) in [6.45, 7) is 5.80.